The van der Waals surface area contributed by atoms with Gasteiger partial charge in [0.15, 0.2) is 0 Å². The topological polar surface area (TPSA) is 9.23 Å². The number of hydrogen-bond acceptors (Lipinski definition) is 1. The van der Waals surface area contributed by atoms with Crippen LogP contribution in [0.1, 0.15) is 55.9 Å². The molecule has 3 rings (SSSR count). The molecular formula is C16H22O. The summed E-state index contributed by atoms with van der Waals surface area (Å²) in [5.74, 6) is 0. The third-order valence-electron chi connectivity index (χ3n) is 4.42. The van der Waals surface area contributed by atoms with E-state index in [1.54, 1.807) is 11.1 Å². The highest BCUT2D eigenvalue weighted by Gasteiger charge is 2.36. The van der Waals surface area contributed by atoms with Crippen molar-refractivity contribution in [3.8, 4) is 0 Å². The van der Waals surface area contributed by atoms with Crippen LogP contribution in [0.3, 0.4) is 0 Å². The summed E-state index contributed by atoms with van der Waals surface area (Å²) in [6.07, 6.45) is 6.63. The molecule has 1 aromatic carbocycles. The van der Waals surface area contributed by atoms with Gasteiger partial charge < -0.3 is 4.74 Å². The molecule has 17 heavy (non-hydrogen) atoms. The van der Waals surface area contributed by atoms with Crippen molar-refractivity contribution in [2.45, 2.75) is 52.1 Å². The molecule has 92 valence electrons. The molecular weight excluding hydrogens is 208 g/mol. The molecule has 1 heteroatoms. The van der Waals surface area contributed by atoms with Crippen LogP contribution in [0.2, 0.25) is 0 Å². The smallest absolute Gasteiger partial charge is 0.0878 e. The van der Waals surface area contributed by atoms with Gasteiger partial charge in [-0.2, -0.15) is 0 Å². The largest absolute Gasteiger partial charge is 0.373 e. The van der Waals surface area contributed by atoms with E-state index in [1.807, 2.05) is 0 Å². The van der Waals surface area contributed by atoms with E-state index >= 15 is 0 Å². The Morgan fingerprint density at radius 1 is 1.18 bits per heavy atom. The lowest BCUT2D eigenvalue weighted by atomic mass is 9.76. The van der Waals surface area contributed by atoms with E-state index in [9.17, 15) is 0 Å². The lowest BCUT2D eigenvalue weighted by Gasteiger charge is -2.39. The molecule has 0 radical (unpaired) electrons. The van der Waals surface area contributed by atoms with Crippen LogP contribution >= 0.6 is 0 Å². The molecule has 0 saturated carbocycles. The fourth-order valence-electron chi connectivity index (χ4n) is 3.49. The molecule has 1 saturated heterocycles. The van der Waals surface area contributed by atoms with Crippen LogP contribution in [0.15, 0.2) is 18.2 Å². The molecule has 1 fully saturated rings. The highest BCUT2D eigenvalue weighted by Crippen LogP contribution is 2.45. The second kappa shape index (κ2) is 4.13. The Labute approximate surface area is 104 Å². The Balaban J connectivity index is 2.01. The van der Waals surface area contributed by atoms with Crippen LogP contribution in [0, 0.1) is 5.41 Å². The Bertz CT molecular complexity index is 420. The molecule has 0 aromatic heterocycles. The molecule has 0 N–H and O–H groups in total. The average Bonchev–Trinajstić information content (AvgIpc) is 2.76. The minimum Gasteiger partial charge on any atom is -0.373 e. The molecule has 0 spiro atoms. The highest BCUT2D eigenvalue weighted by molar-refractivity contribution is 5.40. The van der Waals surface area contributed by atoms with Crippen LogP contribution in [-0.2, 0) is 17.6 Å². The van der Waals surface area contributed by atoms with Gasteiger partial charge in [-0.15, -0.1) is 0 Å². The fourth-order valence-corrected chi connectivity index (χ4v) is 3.49. The number of hydrogen-bond donors (Lipinski definition) is 0. The van der Waals surface area contributed by atoms with Gasteiger partial charge in [0.1, 0.15) is 0 Å². The van der Waals surface area contributed by atoms with Crippen LogP contribution in [0.4, 0.5) is 0 Å². The Morgan fingerprint density at radius 3 is 2.88 bits per heavy atom. The van der Waals surface area contributed by atoms with E-state index < -0.39 is 0 Å². The van der Waals surface area contributed by atoms with Gasteiger partial charge in [0, 0.05) is 6.61 Å². The summed E-state index contributed by atoms with van der Waals surface area (Å²) in [6.45, 7) is 5.63. The first-order valence-corrected chi connectivity index (χ1v) is 6.91. The Morgan fingerprint density at radius 2 is 2.06 bits per heavy atom. The number of rotatable bonds is 1. The summed E-state index contributed by atoms with van der Waals surface area (Å²) in [7, 11) is 0. The third kappa shape index (κ3) is 1.91. The van der Waals surface area contributed by atoms with Crippen molar-refractivity contribution in [3.63, 3.8) is 0 Å². The van der Waals surface area contributed by atoms with Gasteiger partial charge in [-0.3, -0.25) is 0 Å². The first-order valence-electron chi connectivity index (χ1n) is 6.91. The predicted octanol–water partition coefficient (Wildman–Crippen LogP) is 4.05. The zero-order valence-corrected chi connectivity index (χ0v) is 11.0. The van der Waals surface area contributed by atoms with Gasteiger partial charge in [-0.05, 0) is 54.2 Å². The minimum absolute atomic E-state index is 0.288. The lowest BCUT2D eigenvalue weighted by molar-refractivity contribution is -0.0704. The van der Waals surface area contributed by atoms with E-state index in [1.165, 1.54) is 37.7 Å². The van der Waals surface area contributed by atoms with E-state index in [-0.39, 0.29) is 5.41 Å². The molecule has 2 aliphatic rings. The van der Waals surface area contributed by atoms with Crippen LogP contribution < -0.4 is 0 Å². The van der Waals surface area contributed by atoms with Crippen LogP contribution in [-0.4, -0.2) is 6.61 Å². The Hall–Kier alpha value is -0.820. The van der Waals surface area contributed by atoms with Crippen LogP contribution in [0.5, 0.6) is 0 Å². The summed E-state index contributed by atoms with van der Waals surface area (Å²) in [4.78, 5) is 0. The van der Waals surface area contributed by atoms with Gasteiger partial charge in [0.2, 0.25) is 0 Å². The molecule has 1 atom stereocenters. The molecule has 1 heterocycles. The quantitative estimate of drug-likeness (QED) is 0.707. The molecule has 0 bridgehead atoms. The van der Waals surface area contributed by atoms with Gasteiger partial charge in [0.05, 0.1) is 6.10 Å². The highest BCUT2D eigenvalue weighted by atomic mass is 16.5. The fraction of sp³-hybridized carbons (Fsp3) is 0.625. The average molecular weight is 230 g/mol. The van der Waals surface area contributed by atoms with E-state index in [4.69, 9.17) is 4.74 Å². The van der Waals surface area contributed by atoms with Crippen molar-refractivity contribution in [2.75, 3.05) is 6.61 Å². The molecule has 1 aliphatic heterocycles. The monoisotopic (exact) mass is 230 g/mol. The molecule has 0 unspecified atom stereocenters. The zero-order valence-electron chi connectivity index (χ0n) is 11.0. The standard InChI is InChI=1S/C16H22O/c1-16(2)10-5-11-17-15(16)14-9-4-7-12-6-3-8-13(12)14/h4,7,9,15H,3,5-6,8,10-11H2,1-2H3/t15-/m0/s1. The minimum atomic E-state index is 0.288. The first kappa shape index (κ1) is 11.3. The summed E-state index contributed by atoms with van der Waals surface area (Å²) in [6, 6.07) is 6.80. The Kier molecular flexibility index (Phi) is 2.74. The zero-order chi connectivity index (χ0) is 11.9. The van der Waals surface area contributed by atoms with Crippen molar-refractivity contribution in [2.24, 2.45) is 5.41 Å². The van der Waals surface area contributed by atoms with Crippen molar-refractivity contribution in [3.05, 3.63) is 34.9 Å². The summed E-state index contributed by atoms with van der Waals surface area (Å²) in [5, 5.41) is 0. The molecule has 1 aliphatic carbocycles. The molecule has 0 amide bonds. The third-order valence-corrected chi connectivity index (χ3v) is 4.42. The second-order valence-electron chi connectivity index (χ2n) is 6.18. The van der Waals surface area contributed by atoms with E-state index in [0.717, 1.165) is 6.61 Å². The number of ether oxygens (including phenoxy) is 1. The van der Waals surface area contributed by atoms with Gasteiger partial charge in [-0.1, -0.05) is 32.0 Å². The summed E-state index contributed by atoms with van der Waals surface area (Å²) >= 11 is 0. The summed E-state index contributed by atoms with van der Waals surface area (Å²) < 4.78 is 6.10. The van der Waals surface area contributed by atoms with Gasteiger partial charge in [0.25, 0.3) is 0 Å². The predicted molar refractivity (Wildman–Crippen MR) is 70.2 cm³/mol. The van der Waals surface area contributed by atoms with Crippen molar-refractivity contribution >= 4 is 0 Å². The summed E-state index contributed by atoms with van der Waals surface area (Å²) in [5.41, 5.74) is 4.92. The normalized spacial score (nSPS) is 26.8. The molecule has 1 nitrogen and oxygen atoms in total. The van der Waals surface area contributed by atoms with E-state index in [2.05, 4.69) is 32.0 Å². The number of benzene rings is 1. The lowest BCUT2D eigenvalue weighted by Crippen LogP contribution is -2.30. The first-order chi connectivity index (χ1) is 8.18. The maximum Gasteiger partial charge on any atom is 0.0878 e. The van der Waals surface area contributed by atoms with E-state index in [0.29, 0.717) is 6.10 Å². The van der Waals surface area contributed by atoms with Gasteiger partial charge in [-0.25, -0.2) is 0 Å². The number of aryl methyl sites for hydroxylation is 1. The maximum atomic E-state index is 6.10. The van der Waals surface area contributed by atoms with Crippen molar-refractivity contribution < 1.29 is 4.74 Å². The van der Waals surface area contributed by atoms with Gasteiger partial charge >= 0.3 is 0 Å². The van der Waals surface area contributed by atoms with Crippen molar-refractivity contribution in [1.82, 2.24) is 0 Å². The van der Waals surface area contributed by atoms with Crippen molar-refractivity contribution in [1.29, 1.82) is 0 Å². The number of fused-ring (bicyclic) bond motifs is 1. The van der Waals surface area contributed by atoms with Crippen LogP contribution in [0.25, 0.3) is 0 Å². The maximum absolute atomic E-state index is 6.10. The SMILES string of the molecule is CC1(C)CCCO[C@H]1c1cccc2c1CCC2. The molecule has 1 aromatic rings. The second-order valence-corrected chi connectivity index (χ2v) is 6.18.